The molecule has 0 heterocycles. The highest BCUT2D eigenvalue weighted by Gasteiger charge is 2.03. The first-order valence-corrected chi connectivity index (χ1v) is 8.41. The van der Waals surface area contributed by atoms with Crippen molar-refractivity contribution in [2.45, 2.75) is 0 Å². The van der Waals surface area contributed by atoms with Gasteiger partial charge >= 0.3 is 0 Å². The van der Waals surface area contributed by atoms with Crippen molar-refractivity contribution in [2.75, 3.05) is 11.9 Å². The van der Waals surface area contributed by atoms with Gasteiger partial charge in [-0.2, -0.15) is 0 Å². The summed E-state index contributed by atoms with van der Waals surface area (Å²) in [7, 11) is 0. The monoisotopic (exact) mass is 363 g/mol. The Balaban J connectivity index is 1.87. The van der Waals surface area contributed by atoms with E-state index in [0.29, 0.717) is 0 Å². The van der Waals surface area contributed by atoms with Crippen LogP contribution < -0.4 is 5.32 Å². The molecule has 0 fully saturated rings. The van der Waals surface area contributed by atoms with Gasteiger partial charge in [0.1, 0.15) is 0 Å². The Bertz CT molecular complexity index is 762. The highest BCUT2D eigenvalue weighted by Crippen LogP contribution is 2.21. The molecule has 0 bridgehead atoms. The molecule has 114 valence electrons. The maximum atomic E-state index is 3.50. The fourth-order valence-electron chi connectivity index (χ4n) is 2.40. The smallest absolute Gasteiger partial charge is 0.0406 e. The largest absolute Gasteiger partial charge is 0.381 e. The van der Waals surface area contributed by atoms with Crippen molar-refractivity contribution >= 4 is 33.3 Å². The minimum absolute atomic E-state index is 0.778. The van der Waals surface area contributed by atoms with Crippen molar-refractivity contribution in [3.05, 3.63) is 101 Å². The van der Waals surface area contributed by atoms with Crippen LogP contribution in [0.2, 0.25) is 0 Å². The average Bonchev–Trinajstić information content (AvgIpc) is 2.61. The number of rotatable bonds is 5. The summed E-state index contributed by atoms with van der Waals surface area (Å²) in [5.74, 6) is 0. The van der Waals surface area contributed by atoms with Gasteiger partial charge in [0.25, 0.3) is 0 Å². The van der Waals surface area contributed by atoms with Crippen LogP contribution >= 0.6 is 15.9 Å². The van der Waals surface area contributed by atoms with E-state index in [4.69, 9.17) is 0 Å². The van der Waals surface area contributed by atoms with Crippen LogP contribution in [0.25, 0.3) is 11.6 Å². The SMILES string of the molecule is Brc1ccc(/C(=C\c2ccccc2)CNc2ccccc2)cc1. The topological polar surface area (TPSA) is 12.0 Å². The standard InChI is InChI=1S/C21H18BrN/c22-20-13-11-18(12-14-20)19(15-17-7-3-1-4-8-17)16-23-21-9-5-2-6-10-21/h1-15,23H,16H2/b19-15-. The van der Waals surface area contributed by atoms with Gasteiger partial charge in [-0.3, -0.25) is 0 Å². The zero-order valence-corrected chi connectivity index (χ0v) is 14.3. The van der Waals surface area contributed by atoms with E-state index in [2.05, 4.69) is 88.0 Å². The lowest BCUT2D eigenvalue weighted by atomic mass is 10.0. The number of anilines is 1. The molecule has 1 N–H and O–H groups in total. The fourth-order valence-corrected chi connectivity index (χ4v) is 2.67. The molecule has 0 aliphatic rings. The van der Waals surface area contributed by atoms with Gasteiger partial charge in [0, 0.05) is 16.7 Å². The molecule has 0 radical (unpaired) electrons. The molecule has 0 saturated heterocycles. The quantitative estimate of drug-likeness (QED) is 0.539. The lowest BCUT2D eigenvalue weighted by Gasteiger charge is -2.11. The van der Waals surface area contributed by atoms with Crippen LogP contribution in [0.5, 0.6) is 0 Å². The molecule has 2 heteroatoms. The second-order valence-electron chi connectivity index (χ2n) is 5.31. The predicted octanol–water partition coefficient (Wildman–Crippen LogP) is 6.10. The van der Waals surface area contributed by atoms with E-state index in [1.807, 2.05) is 24.3 Å². The summed E-state index contributed by atoms with van der Waals surface area (Å²) in [5.41, 5.74) is 4.82. The molecular formula is C21H18BrN. The van der Waals surface area contributed by atoms with Gasteiger partial charge in [0.15, 0.2) is 0 Å². The van der Waals surface area contributed by atoms with Crippen LogP contribution in [0, 0.1) is 0 Å². The lowest BCUT2D eigenvalue weighted by Crippen LogP contribution is -2.04. The Morgan fingerprint density at radius 1 is 0.783 bits per heavy atom. The van der Waals surface area contributed by atoms with E-state index in [9.17, 15) is 0 Å². The first kappa shape index (κ1) is 15.6. The molecule has 0 spiro atoms. The average molecular weight is 364 g/mol. The molecule has 3 aromatic carbocycles. The second kappa shape index (κ2) is 7.80. The maximum absolute atomic E-state index is 3.50. The van der Waals surface area contributed by atoms with Gasteiger partial charge < -0.3 is 5.32 Å². The van der Waals surface area contributed by atoms with Crippen LogP contribution in [0.4, 0.5) is 5.69 Å². The molecule has 0 atom stereocenters. The molecule has 3 aromatic rings. The molecule has 0 aliphatic heterocycles. The minimum Gasteiger partial charge on any atom is -0.381 e. The van der Waals surface area contributed by atoms with E-state index < -0.39 is 0 Å². The molecule has 3 rings (SSSR count). The van der Waals surface area contributed by atoms with Crippen molar-refractivity contribution in [3.63, 3.8) is 0 Å². The summed E-state index contributed by atoms with van der Waals surface area (Å²) >= 11 is 3.50. The highest BCUT2D eigenvalue weighted by atomic mass is 79.9. The molecule has 0 amide bonds. The fraction of sp³-hybridized carbons (Fsp3) is 0.0476. The zero-order valence-electron chi connectivity index (χ0n) is 12.7. The van der Waals surface area contributed by atoms with Crippen LogP contribution in [-0.2, 0) is 0 Å². The van der Waals surface area contributed by atoms with E-state index in [0.717, 1.165) is 16.7 Å². The molecule has 0 saturated carbocycles. The van der Waals surface area contributed by atoms with E-state index in [1.165, 1.54) is 16.7 Å². The van der Waals surface area contributed by atoms with Gasteiger partial charge in [-0.05, 0) is 47.0 Å². The van der Waals surface area contributed by atoms with Crippen LogP contribution in [0.3, 0.4) is 0 Å². The van der Waals surface area contributed by atoms with Crippen molar-refractivity contribution in [2.24, 2.45) is 0 Å². The summed E-state index contributed by atoms with van der Waals surface area (Å²) in [4.78, 5) is 0. The zero-order chi connectivity index (χ0) is 15.9. The maximum Gasteiger partial charge on any atom is 0.0406 e. The summed E-state index contributed by atoms with van der Waals surface area (Å²) in [6.07, 6.45) is 2.24. The van der Waals surface area contributed by atoms with E-state index in [-0.39, 0.29) is 0 Å². The van der Waals surface area contributed by atoms with Crippen LogP contribution in [0.15, 0.2) is 89.4 Å². The molecule has 0 unspecified atom stereocenters. The van der Waals surface area contributed by atoms with Crippen LogP contribution in [0.1, 0.15) is 11.1 Å². The minimum atomic E-state index is 0.778. The Hall–Kier alpha value is -2.32. The highest BCUT2D eigenvalue weighted by molar-refractivity contribution is 9.10. The van der Waals surface area contributed by atoms with Gasteiger partial charge in [0.05, 0.1) is 0 Å². The number of hydrogen-bond acceptors (Lipinski definition) is 1. The Morgan fingerprint density at radius 2 is 1.39 bits per heavy atom. The molecular weight excluding hydrogens is 346 g/mol. The number of hydrogen-bond donors (Lipinski definition) is 1. The predicted molar refractivity (Wildman–Crippen MR) is 103 cm³/mol. The van der Waals surface area contributed by atoms with Gasteiger partial charge in [0.2, 0.25) is 0 Å². The Labute approximate surface area is 145 Å². The van der Waals surface area contributed by atoms with Crippen molar-refractivity contribution < 1.29 is 0 Å². The third-order valence-electron chi connectivity index (χ3n) is 3.61. The van der Waals surface area contributed by atoms with Gasteiger partial charge in [-0.15, -0.1) is 0 Å². The molecule has 0 aromatic heterocycles. The van der Waals surface area contributed by atoms with E-state index in [1.54, 1.807) is 0 Å². The van der Waals surface area contributed by atoms with E-state index >= 15 is 0 Å². The third kappa shape index (κ3) is 4.57. The number of halogens is 1. The Morgan fingerprint density at radius 3 is 2.04 bits per heavy atom. The third-order valence-corrected chi connectivity index (χ3v) is 4.14. The number of para-hydroxylation sites is 1. The molecule has 0 aliphatic carbocycles. The van der Waals surface area contributed by atoms with Gasteiger partial charge in [-0.25, -0.2) is 0 Å². The molecule has 23 heavy (non-hydrogen) atoms. The Kier molecular flexibility index (Phi) is 5.28. The summed E-state index contributed by atoms with van der Waals surface area (Å²) in [5, 5.41) is 3.50. The summed E-state index contributed by atoms with van der Waals surface area (Å²) in [6, 6.07) is 29.2. The second-order valence-corrected chi connectivity index (χ2v) is 6.22. The number of nitrogens with one attached hydrogen (secondary N) is 1. The molecule has 1 nitrogen and oxygen atoms in total. The normalized spacial score (nSPS) is 11.3. The van der Waals surface area contributed by atoms with Gasteiger partial charge in [-0.1, -0.05) is 76.6 Å². The van der Waals surface area contributed by atoms with Crippen molar-refractivity contribution in [3.8, 4) is 0 Å². The van der Waals surface area contributed by atoms with Crippen molar-refractivity contribution in [1.82, 2.24) is 0 Å². The summed E-state index contributed by atoms with van der Waals surface area (Å²) in [6.45, 7) is 0.778. The summed E-state index contributed by atoms with van der Waals surface area (Å²) < 4.78 is 1.09. The first-order valence-electron chi connectivity index (χ1n) is 7.62. The van der Waals surface area contributed by atoms with Crippen molar-refractivity contribution in [1.29, 1.82) is 0 Å². The number of benzene rings is 3. The first-order chi connectivity index (χ1) is 11.3. The van der Waals surface area contributed by atoms with Crippen LogP contribution in [-0.4, -0.2) is 6.54 Å². The lowest BCUT2D eigenvalue weighted by molar-refractivity contribution is 1.34.